The molecule has 2 rings (SSSR count). The summed E-state index contributed by atoms with van der Waals surface area (Å²) in [5.41, 5.74) is 1.12. The maximum atomic E-state index is 12.2. The van der Waals surface area contributed by atoms with E-state index in [2.05, 4.69) is 10.3 Å². The number of aromatic nitrogens is 1. The average molecular weight is 307 g/mol. The molecule has 0 atom stereocenters. The van der Waals surface area contributed by atoms with Crippen molar-refractivity contribution in [3.63, 3.8) is 0 Å². The van der Waals surface area contributed by atoms with E-state index in [0.717, 1.165) is 17.2 Å². The van der Waals surface area contributed by atoms with E-state index in [1.165, 1.54) is 0 Å². The van der Waals surface area contributed by atoms with Crippen LogP contribution in [0.2, 0.25) is 5.15 Å². The zero-order chi connectivity index (χ0) is 15.6. The van der Waals surface area contributed by atoms with Crippen molar-refractivity contribution in [3.05, 3.63) is 52.2 Å². The van der Waals surface area contributed by atoms with Gasteiger partial charge in [0.1, 0.15) is 16.7 Å². The summed E-state index contributed by atoms with van der Waals surface area (Å²) in [6, 6.07) is 7.05. The molecule has 0 radical (unpaired) electrons. The van der Waals surface area contributed by atoms with E-state index in [1.807, 2.05) is 39.8 Å². The summed E-state index contributed by atoms with van der Waals surface area (Å²) in [6.45, 7) is 8.29. The molecule has 2 aromatic heterocycles. The van der Waals surface area contributed by atoms with Crippen LogP contribution in [0.25, 0.3) is 0 Å². The van der Waals surface area contributed by atoms with E-state index in [0.29, 0.717) is 17.3 Å². The van der Waals surface area contributed by atoms with Crippen molar-refractivity contribution in [2.45, 2.75) is 39.7 Å². The Morgan fingerprint density at radius 3 is 2.62 bits per heavy atom. The van der Waals surface area contributed by atoms with Gasteiger partial charge in [-0.1, -0.05) is 32.4 Å². The molecule has 4 nitrogen and oxygen atoms in total. The zero-order valence-electron chi connectivity index (χ0n) is 12.7. The van der Waals surface area contributed by atoms with Gasteiger partial charge in [0.15, 0.2) is 0 Å². The van der Waals surface area contributed by atoms with Crippen molar-refractivity contribution in [3.8, 4) is 0 Å². The van der Waals surface area contributed by atoms with Crippen LogP contribution in [0.5, 0.6) is 0 Å². The molecule has 21 heavy (non-hydrogen) atoms. The van der Waals surface area contributed by atoms with Crippen LogP contribution in [0.4, 0.5) is 0 Å². The highest BCUT2D eigenvalue weighted by Crippen LogP contribution is 2.23. The zero-order valence-corrected chi connectivity index (χ0v) is 13.4. The van der Waals surface area contributed by atoms with Crippen molar-refractivity contribution in [2.75, 3.05) is 0 Å². The van der Waals surface area contributed by atoms with E-state index in [-0.39, 0.29) is 11.3 Å². The first-order valence-electron chi connectivity index (χ1n) is 6.77. The molecule has 112 valence electrons. The first-order chi connectivity index (χ1) is 9.75. The molecule has 0 fully saturated rings. The fourth-order valence-corrected chi connectivity index (χ4v) is 2.07. The molecule has 0 saturated carbocycles. The number of nitrogens with one attached hydrogen (secondary N) is 1. The van der Waals surface area contributed by atoms with Crippen LogP contribution in [0.15, 0.2) is 28.7 Å². The molecule has 0 aliphatic rings. The Bertz CT molecular complexity index is 657. The topological polar surface area (TPSA) is 55.1 Å². The lowest BCUT2D eigenvalue weighted by atomic mass is 9.91. The highest BCUT2D eigenvalue weighted by Gasteiger charge is 2.19. The van der Waals surface area contributed by atoms with Gasteiger partial charge in [-0.05, 0) is 31.2 Å². The van der Waals surface area contributed by atoms with Crippen molar-refractivity contribution in [2.24, 2.45) is 0 Å². The highest BCUT2D eigenvalue weighted by atomic mass is 35.5. The average Bonchev–Trinajstić information content (AvgIpc) is 2.80. The second kappa shape index (κ2) is 5.90. The number of halogens is 1. The van der Waals surface area contributed by atoms with E-state index in [9.17, 15) is 4.79 Å². The van der Waals surface area contributed by atoms with Crippen LogP contribution in [0.3, 0.4) is 0 Å². The summed E-state index contributed by atoms with van der Waals surface area (Å²) in [6.07, 6.45) is 0. The molecule has 2 aromatic rings. The number of carbonyl (C=O) groups excluding carboxylic acids is 1. The van der Waals surface area contributed by atoms with Crippen LogP contribution in [-0.2, 0) is 12.0 Å². The van der Waals surface area contributed by atoms with Gasteiger partial charge in [-0.25, -0.2) is 4.98 Å². The molecule has 5 heteroatoms. The smallest absolute Gasteiger partial charge is 0.251 e. The molecule has 0 bridgehead atoms. The predicted octanol–water partition coefficient (Wildman–Crippen LogP) is 3.86. The number of amides is 1. The summed E-state index contributed by atoms with van der Waals surface area (Å²) >= 11 is 6.01. The van der Waals surface area contributed by atoms with Crippen molar-refractivity contribution in [1.82, 2.24) is 10.3 Å². The standard InChI is InChI=1S/C16H19ClN2O2/c1-10-5-6-12(21-10)9-18-15(20)11-7-13(16(2,3)4)19-14(17)8-11/h5-8H,9H2,1-4H3,(H,18,20). The fraction of sp³-hybridized carbons (Fsp3) is 0.375. The van der Waals surface area contributed by atoms with Crippen LogP contribution >= 0.6 is 11.6 Å². The number of rotatable bonds is 3. The normalized spacial score (nSPS) is 11.5. The van der Waals surface area contributed by atoms with E-state index in [4.69, 9.17) is 16.0 Å². The molecule has 0 aromatic carbocycles. The molecular weight excluding hydrogens is 288 g/mol. The summed E-state index contributed by atoms with van der Waals surface area (Å²) < 4.78 is 5.42. The third-order valence-electron chi connectivity index (χ3n) is 3.04. The number of hydrogen-bond acceptors (Lipinski definition) is 3. The third-order valence-corrected chi connectivity index (χ3v) is 3.24. The first-order valence-corrected chi connectivity index (χ1v) is 7.15. The van der Waals surface area contributed by atoms with Gasteiger partial charge in [-0.2, -0.15) is 0 Å². The molecule has 1 N–H and O–H groups in total. The minimum Gasteiger partial charge on any atom is -0.465 e. The SMILES string of the molecule is Cc1ccc(CNC(=O)c2cc(Cl)nc(C(C)(C)C)c2)o1. The van der Waals surface area contributed by atoms with Gasteiger partial charge in [-0.3, -0.25) is 4.79 Å². The van der Waals surface area contributed by atoms with Crippen LogP contribution in [-0.4, -0.2) is 10.9 Å². The fourth-order valence-electron chi connectivity index (χ4n) is 1.86. The Balaban J connectivity index is 2.13. The van der Waals surface area contributed by atoms with E-state index in [1.54, 1.807) is 12.1 Å². The maximum absolute atomic E-state index is 12.2. The van der Waals surface area contributed by atoms with E-state index < -0.39 is 0 Å². The van der Waals surface area contributed by atoms with Gasteiger partial charge in [0.2, 0.25) is 0 Å². The minimum absolute atomic E-state index is 0.169. The maximum Gasteiger partial charge on any atom is 0.251 e. The van der Waals surface area contributed by atoms with Gasteiger partial charge in [0.05, 0.1) is 6.54 Å². The van der Waals surface area contributed by atoms with Crippen molar-refractivity contribution in [1.29, 1.82) is 0 Å². The second-order valence-corrected chi connectivity index (χ2v) is 6.40. The van der Waals surface area contributed by atoms with Gasteiger partial charge in [0, 0.05) is 16.7 Å². The Morgan fingerprint density at radius 1 is 1.33 bits per heavy atom. The number of carbonyl (C=O) groups is 1. The van der Waals surface area contributed by atoms with Crippen LogP contribution in [0, 0.1) is 6.92 Å². The molecule has 0 unspecified atom stereocenters. The molecule has 0 aliphatic heterocycles. The lowest BCUT2D eigenvalue weighted by Gasteiger charge is -2.18. The monoisotopic (exact) mass is 306 g/mol. The Kier molecular flexibility index (Phi) is 4.37. The third kappa shape index (κ3) is 4.08. The summed E-state index contributed by atoms with van der Waals surface area (Å²) in [5, 5.41) is 3.14. The number of hydrogen-bond donors (Lipinski definition) is 1. The molecular formula is C16H19ClN2O2. The number of aryl methyl sites for hydroxylation is 1. The number of furan rings is 1. The lowest BCUT2D eigenvalue weighted by molar-refractivity contribution is 0.0947. The molecule has 0 spiro atoms. The Labute approximate surface area is 129 Å². The van der Waals surface area contributed by atoms with Crippen LogP contribution in [0.1, 0.15) is 48.3 Å². The van der Waals surface area contributed by atoms with E-state index >= 15 is 0 Å². The Hall–Kier alpha value is -1.81. The largest absolute Gasteiger partial charge is 0.465 e. The summed E-state index contributed by atoms with van der Waals surface area (Å²) in [5.74, 6) is 1.34. The van der Waals surface area contributed by atoms with Crippen molar-refractivity contribution >= 4 is 17.5 Å². The van der Waals surface area contributed by atoms with Gasteiger partial charge >= 0.3 is 0 Å². The van der Waals surface area contributed by atoms with Gasteiger partial charge in [0.25, 0.3) is 5.91 Å². The Morgan fingerprint density at radius 2 is 2.05 bits per heavy atom. The first kappa shape index (κ1) is 15.6. The van der Waals surface area contributed by atoms with Gasteiger partial charge < -0.3 is 9.73 Å². The number of nitrogens with zero attached hydrogens (tertiary/aromatic N) is 1. The number of pyridine rings is 1. The predicted molar refractivity (Wildman–Crippen MR) is 82.6 cm³/mol. The lowest BCUT2D eigenvalue weighted by Crippen LogP contribution is -2.24. The molecule has 0 aliphatic carbocycles. The quantitative estimate of drug-likeness (QED) is 0.876. The second-order valence-electron chi connectivity index (χ2n) is 6.01. The van der Waals surface area contributed by atoms with Crippen LogP contribution < -0.4 is 5.32 Å². The van der Waals surface area contributed by atoms with Crippen molar-refractivity contribution < 1.29 is 9.21 Å². The highest BCUT2D eigenvalue weighted by molar-refractivity contribution is 6.29. The van der Waals surface area contributed by atoms with Gasteiger partial charge in [-0.15, -0.1) is 0 Å². The summed E-state index contributed by atoms with van der Waals surface area (Å²) in [4.78, 5) is 16.5. The minimum atomic E-state index is -0.196. The summed E-state index contributed by atoms with van der Waals surface area (Å²) in [7, 11) is 0. The molecule has 2 heterocycles. The molecule has 1 amide bonds. The molecule has 0 saturated heterocycles.